The number of methoxy groups -OCH3 is 1. The molecule has 9 rings (SSSR count). The zero-order valence-electron chi connectivity index (χ0n) is 34.0. The Morgan fingerprint density at radius 2 is 1.71 bits per heavy atom. The van der Waals surface area contributed by atoms with Crippen molar-refractivity contribution in [2.75, 3.05) is 17.7 Å². The minimum absolute atomic E-state index is 0.0106. The van der Waals surface area contributed by atoms with E-state index >= 15 is 8.78 Å². The van der Waals surface area contributed by atoms with Crippen molar-refractivity contribution in [3.05, 3.63) is 133 Å². The van der Waals surface area contributed by atoms with Crippen LogP contribution in [-0.4, -0.2) is 61.8 Å². The first-order valence-electron chi connectivity index (χ1n) is 19.6. The second-order valence-corrected chi connectivity index (χ2v) is 18.5. The number of sulfonamides is 1. The van der Waals surface area contributed by atoms with Gasteiger partial charge in [0.25, 0.3) is 17.9 Å². The van der Waals surface area contributed by atoms with Crippen LogP contribution >= 0.6 is 23.2 Å². The van der Waals surface area contributed by atoms with E-state index in [9.17, 15) is 35.6 Å². The van der Waals surface area contributed by atoms with Crippen molar-refractivity contribution >= 4 is 66.9 Å². The molecular formula is C42H33Cl2F6N9O5S. The summed E-state index contributed by atoms with van der Waals surface area (Å²) >= 11 is 13.1. The average molecular weight is 961 g/mol. The SMILES string of the molecule is COc1ccc(CN(c2nn(C)c3c(-n4c([C@H](Cc5cc(F)cc(F)c5)NC(=O)Cn5nc(C(F)F)c6c5C(F)(F)[C@@H]5C[C@H]65)nc5nc(Cl)ccc5c4=O)ccc(Cl)c23)S(C)(=O)=O)cc1. The maximum Gasteiger partial charge on any atom is 0.293 e. The maximum atomic E-state index is 15.5. The number of amides is 1. The Labute approximate surface area is 374 Å². The van der Waals surface area contributed by atoms with Gasteiger partial charge in [0.05, 0.1) is 53.0 Å². The predicted molar refractivity (Wildman–Crippen MR) is 226 cm³/mol. The quantitative estimate of drug-likeness (QED) is 0.0905. The van der Waals surface area contributed by atoms with Crippen LogP contribution in [0.25, 0.3) is 27.6 Å². The number of rotatable bonds is 13. The molecule has 3 aromatic carbocycles. The molecule has 0 unspecified atom stereocenters. The van der Waals surface area contributed by atoms with Gasteiger partial charge in [0, 0.05) is 31.0 Å². The van der Waals surface area contributed by atoms with E-state index in [0.29, 0.717) is 22.1 Å². The lowest BCUT2D eigenvalue weighted by Crippen LogP contribution is -2.38. The largest absolute Gasteiger partial charge is 0.497 e. The zero-order valence-corrected chi connectivity index (χ0v) is 36.4. The minimum atomic E-state index is -4.10. The van der Waals surface area contributed by atoms with Crippen LogP contribution in [0.15, 0.2) is 71.5 Å². The van der Waals surface area contributed by atoms with Crippen molar-refractivity contribution in [1.29, 1.82) is 0 Å². The van der Waals surface area contributed by atoms with E-state index in [1.807, 2.05) is 0 Å². The summed E-state index contributed by atoms with van der Waals surface area (Å²) in [4.78, 5) is 37.9. The number of halogens is 8. The molecule has 2 aliphatic carbocycles. The second-order valence-electron chi connectivity index (χ2n) is 15.8. The van der Waals surface area contributed by atoms with Crippen molar-refractivity contribution in [2.45, 2.75) is 50.2 Å². The standard InChI is InChI=1S/C42H33Cl2F6N9O5S/c1-56-35-29(10-9-27(43)33(35)40(55-56)58(65(3,62)63)17-19-4-6-23(64-2)7-5-19)59-39(53-38-24(41(59)61)8-11-30(44)52-38)28(14-20-12-21(45)15-22(46)13-20)51-31(60)18-57-36-32(34(54-57)37(47)48)25-16-26(25)42(36,49)50/h4-13,15,25-26,28,37H,14,16-18H2,1-3H3,(H,51,60)/t25-,26+,28-/m0/s1. The predicted octanol–water partition coefficient (Wildman–Crippen LogP) is 7.67. The van der Waals surface area contributed by atoms with Crippen molar-refractivity contribution < 1.29 is 44.3 Å². The molecule has 65 heavy (non-hydrogen) atoms. The highest BCUT2D eigenvalue weighted by molar-refractivity contribution is 7.92. The molecule has 0 spiro atoms. The van der Waals surface area contributed by atoms with Crippen LogP contribution in [0.2, 0.25) is 10.2 Å². The fourth-order valence-electron chi connectivity index (χ4n) is 8.59. The molecule has 3 atom stereocenters. The first-order valence-corrected chi connectivity index (χ1v) is 22.2. The monoisotopic (exact) mass is 959 g/mol. The van der Waals surface area contributed by atoms with Gasteiger partial charge in [0.1, 0.15) is 46.3 Å². The molecule has 0 aliphatic heterocycles. The normalized spacial score (nSPS) is 16.8. The molecule has 0 bridgehead atoms. The molecule has 2 aliphatic rings. The number of benzene rings is 3. The van der Waals surface area contributed by atoms with Crippen LogP contribution in [0.4, 0.5) is 32.2 Å². The number of aromatic nitrogens is 7. The molecule has 7 aromatic rings. The number of hydrogen-bond acceptors (Lipinski definition) is 9. The number of pyridine rings is 1. The van der Waals surface area contributed by atoms with Gasteiger partial charge in [0.2, 0.25) is 15.9 Å². The fraction of sp³-hybridized carbons (Fsp3) is 0.286. The number of nitrogens with zero attached hydrogens (tertiary/aromatic N) is 8. The molecule has 0 saturated heterocycles. The van der Waals surface area contributed by atoms with E-state index in [1.54, 1.807) is 24.3 Å². The number of alkyl halides is 4. The number of aryl methyl sites for hydroxylation is 1. The highest BCUT2D eigenvalue weighted by Crippen LogP contribution is 2.68. The number of hydrogen-bond donors (Lipinski definition) is 1. The Morgan fingerprint density at radius 3 is 2.37 bits per heavy atom. The summed E-state index contributed by atoms with van der Waals surface area (Å²) in [5, 5.41) is 10.8. The van der Waals surface area contributed by atoms with Crippen molar-refractivity contribution in [3.8, 4) is 11.4 Å². The van der Waals surface area contributed by atoms with Crippen LogP contribution in [0.5, 0.6) is 5.75 Å². The third-order valence-corrected chi connectivity index (χ3v) is 13.1. The maximum absolute atomic E-state index is 15.5. The Kier molecular flexibility index (Phi) is 10.9. The Morgan fingerprint density at radius 1 is 1.00 bits per heavy atom. The lowest BCUT2D eigenvalue weighted by Gasteiger charge is -2.24. The summed E-state index contributed by atoms with van der Waals surface area (Å²) in [5.74, 6) is -8.65. The molecule has 1 amide bonds. The molecule has 1 saturated carbocycles. The van der Waals surface area contributed by atoms with E-state index in [0.717, 1.165) is 27.3 Å². The lowest BCUT2D eigenvalue weighted by molar-refractivity contribution is -0.123. The van der Waals surface area contributed by atoms with Crippen LogP contribution in [0.1, 0.15) is 58.7 Å². The second kappa shape index (κ2) is 16.1. The van der Waals surface area contributed by atoms with Gasteiger partial charge >= 0.3 is 0 Å². The number of carbonyl (C=O) groups excluding carboxylic acids is 1. The third kappa shape index (κ3) is 7.81. The Balaban J connectivity index is 1.22. The summed E-state index contributed by atoms with van der Waals surface area (Å²) in [6.45, 7) is -1.22. The van der Waals surface area contributed by atoms with E-state index in [4.69, 9.17) is 27.9 Å². The molecule has 4 aromatic heterocycles. The van der Waals surface area contributed by atoms with Crippen molar-refractivity contribution in [1.82, 2.24) is 39.4 Å². The van der Waals surface area contributed by atoms with Gasteiger partial charge in [-0.25, -0.2) is 40.3 Å². The Hall–Kier alpha value is -6.19. The van der Waals surface area contributed by atoms with Crippen molar-refractivity contribution in [3.63, 3.8) is 0 Å². The highest BCUT2D eigenvalue weighted by atomic mass is 35.5. The van der Waals surface area contributed by atoms with Gasteiger partial charge in [-0.3, -0.25) is 23.5 Å². The van der Waals surface area contributed by atoms with Gasteiger partial charge in [-0.15, -0.1) is 0 Å². The first kappa shape index (κ1) is 44.0. The molecule has 1 N–H and O–H groups in total. The van der Waals surface area contributed by atoms with Gasteiger partial charge in [-0.2, -0.15) is 19.0 Å². The third-order valence-electron chi connectivity index (χ3n) is 11.5. The van der Waals surface area contributed by atoms with Gasteiger partial charge in [-0.05, 0) is 72.0 Å². The van der Waals surface area contributed by atoms with Gasteiger partial charge < -0.3 is 10.1 Å². The number of nitrogens with one attached hydrogen (secondary N) is 1. The van der Waals surface area contributed by atoms with Crippen LogP contribution < -0.4 is 19.9 Å². The fourth-order valence-corrected chi connectivity index (χ4v) is 9.80. The topological polar surface area (TPSA) is 159 Å². The molecule has 14 nitrogen and oxygen atoms in total. The summed E-state index contributed by atoms with van der Waals surface area (Å²) < 4.78 is 125. The summed E-state index contributed by atoms with van der Waals surface area (Å²) in [6, 6.07) is 13.0. The number of ether oxygens (including phenoxy) is 1. The van der Waals surface area contributed by atoms with E-state index < -0.39 is 87.7 Å². The molecule has 23 heteroatoms. The lowest BCUT2D eigenvalue weighted by atomic mass is 10.0. The molecular weight excluding hydrogens is 927 g/mol. The molecule has 4 heterocycles. The summed E-state index contributed by atoms with van der Waals surface area (Å²) in [5.41, 5.74) is -2.50. The molecule has 0 radical (unpaired) electrons. The smallest absolute Gasteiger partial charge is 0.293 e. The van der Waals surface area contributed by atoms with Crippen LogP contribution in [-0.2, 0) is 47.3 Å². The van der Waals surface area contributed by atoms with Gasteiger partial charge in [0.15, 0.2) is 11.5 Å². The van der Waals surface area contributed by atoms with Crippen LogP contribution in [0, 0.1) is 17.6 Å². The zero-order chi connectivity index (χ0) is 46.4. The van der Waals surface area contributed by atoms with Gasteiger partial charge in [-0.1, -0.05) is 35.3 Å². The number of fused-ring (bicyclic) bond motifs is 5. The number of carbonyl (C=O) groups is 1. The van der Waals surface area contributed by atoms with E-state index in [2.05, 4.69) is 25.5 Å². The first-order chi connectivity index (χ1) is 30.7. The molecule has 1 fully saturated rings. The van der Waals surface area contributed by atoms with E-state index in [-0.39, 0.29) is 73.5 Å². The average Bonchev–Trinajstić information content (AvgIpc) is 3.76. The van der Waals surface area contributed by atoms with Crippen LogP contribution in [0.3, 0.4) is 0 Å². The molecule has 338 valence electrons. The Bertz CT molecular complexity index is 3260. The van der Waals surface area contributed by atoms with Crippen molar-refractivity contribution in [2.24, 2.45) is 13.0 Å². The highest BCUT2D eigenvalue weighted by Gasteiger charge is 2.67. The van der Waals surface area contributed by atoms with E-state index in [1.165, 1.54) is 43.1 Å². The number of anilines is 1. The summed E-state index contributed by atoms with van der Waals surface area (Å²) in [7, 11) is -1.16. The minimum Gasteiger partial charge on any atom is -0.497 e. The summed E-state index contributed by atoms with van der Waals surface area (Å²) in [6.07, 6.45) is -2.76.